The van der Waals surface area contributed by atoms with Crippen molar-refractivity contribution in [2.75, 3.05) is 19.0 Å². The highest BCUT2D eigenvalue weighted by molar-refractivity contribution is 9.10. The first-order valence-corrected chi connectivity index (χ1v) is 7.67. The molecule has 1 heterocycles. The normalized spacial score (nSPS) is 14.2. The number of aromatic nitrogens is 2. The van der Waals surface area contributed by atoms with Gasteiger partial charge in [-0.3, -0.25) is 0 Å². The van der Waals surface area contributed by atoms with Gasteiger partial charge in [0.2, 0.25) is 0 Å². The number of methoxy groups -OCH3 is 1. The van der Waals surface area contributed by atoms with E-state index in [4.69, 9.17) is 9.72 Å². The van der Waals surface area contributed by atoms with E-state index in [2.05, 4.69) is 47.0 Å². The van der Waals surface area contributed by atoms with E-state index in [0.717, 1.165) is 47.6 Å². The van der Waals surface area contributed by atoms with E-state index in [9.17, 15) is 0 Å². The third-order valence-electron chi connectivity index (χ3n) is 3.35. The van der Waals surface area contributed by atoms with Crippen LogP contribution in [0.5, 0.6) is 0 Å². The van der Waals surface area contributed by atoms with Gasteiger partial charge in [0.15, 0.2) is 5.82 Å². The maximum atomic E-state index is 5.61. The summed E-state index contributed by atoms with van der Waals surface area (Å²) < 4.78 is 6.58. The highest BCUT2D eigenvalue weighted by Gasteiger charge is 2.29. The Balaban J connectivity index is 3.32. The van der Waals surface area contributed by atoms with Crippen molar-refractivity contribution in [2.45, 2.75) is 52.6 Å². The van der Waals surface area contributed by atoms with Crippen molar-refractivity contribution < 1.29 is 4.74 Å². The SMILES string of the molecule is CCCc1nc(C(C)(CC)OC)nc(NCC)c1Br. The zero-order chi connectivity index (χ0) is 14.5. The number of nitrogens with zero attached hydrogens (tertiary/aromatic N) is 2. The van der Waals surface area contributed by atoms with Crippen LogP contribution in [0.15, 0.2) is 4.47 Å². The number of nitrogens with one attached hydrogen (secondary N) is 1. The lowest BCUT2D eigenvalue weighted by molar-refractivity contribution is -0.00907. The van der Waals surface area contributed by atoms with Gasteiger partial charge < -0.3 is 10.1 Å². The fourth-order valence-corrected chi connectivity index (χ4v) is 2.33. The standard InChI is InChI=1S/C14H24BrN3O/c1-6-9-10-11(15)12(16-8-3)18-13(17-10)14(4,7-2)19-5/h6-9H2,1-5H3,(H,16,17,18). The molecule has 0 aliphatic rings. The molecule has 0 radical (unpaired) electrons. The number of halogens is 1. The highest BCUT2D eigenvalue weighted by atomic mass is 79.9. The van der Waals surface area contributed by atoms with E-state index < -0.39 is 5.60 Å². The third-order valence-corrected chi connectivity index (χ3v) is 4.18. The van der Waals surface area contributed by atoms with Crippen LogP contribution >= 0.6 is 15.9 Å². The first-order valence-electron chi connectivity index (χ1n) is 6.88. The molecular weight excluding hydrogens is 306 g/mol. The molecule has 0 saturated carbocycles. The molecule has 0 bridgehead atoms. The zero-order valence-corrected chi connectivity index (χ0v) is 14.1. The van der Waals surface area contributed by atoms with Crippen molar-refractivity contribution in [3.05, 3.63) is 16.0 Å². The number of hydrogen-bond acceptors (Lipinski definition) is 4. The van der Waals surface area contributed by atoms with Crippen molar-refractivity contribution in [3.63, 3.8) is 0 Å². The van der Waals surface area contributed by atoms with Crippen LogP contribution in [0.1, 0.15) is 52.1 Å². The van der Waals surface area contributed by atoms with Crippen LogP contribution in [0.2, 0.25) is 0 Å². The van der Waals surface area contributed by atoms with Crippen LogP contribution in [0.3, 0.4) is 0 Å². The molecule has 0 fully saturated rings. The van der Waals surface area contributed by atoms with Crippen molar-refractivity contribution in [1.82, 2.24) is 9.97 Å². The molecule has 0 saturated heterocycles. The molecule has 1 unspecified atom stereocenters. The second-order valence-electron chi connectivity index (χ2n) is 4.73. The molecule has 0 amide bonds. The number of anilines is 1. The topological polar surface area (TPSA) is 47.0 Å². The Morgan fingerprint density at radius 2 is 1.95 bits per heavy atom. The average molecular weight is 330 g/mol. The average Bonchev–Trinajstić information content (AvgIpc) is 2.42. The first kappa shape index (κ1) is 16.4. The molecule has 1 rings (SSSR count). The van der Waals surface area contributed by atoms with Crippen molar-refractivity contribution in [2.24, 2.45) is 0 Å². The lowest BCUT2D eigenvalue weighted by atomic mass is 10.0. The van der Waals surface area contributed by atoms with Gasteiger partial charge in [-0.15, -0.1) is 0 Å². The zero-order valence-electron chi connectivity index (χ0n) is 12.5. The Labute approximate surface area is 124 Å². The van der Waals surface area contributed by atoms with Gasteiger partial charge in [0.25, 0.3) is 0 Å². The van der Waals surface area contributed by atoms with Gasteiger partial charge in [0.05, 0.1) is 10.2 Å². The second kappa shape index (κ2) is 7.20. The van der Waals surface area contributed by atoms with Crippen LogP contribution in [0, 0.1) is 0 Å². The van der Waals surface area contributed by atoms with Gasteiger partial charge in [0.1, 0.15) is 11.4 Å². The highest BCUT2D eigenvalue weighted by Crippen LogP contribution is 2.31. The van der Waals surface area contributed by atoms with E-state index in [1.54, 1.807) is 7.11 Å². The Bertz CT molecular complexity index is 392. The van der Waals surface area contributed by atoms with Gasteiger partial charge in [-0.05, 0) is 42.6 Å². The predicted molar refractivity (Wildman–Crippen MR) is 82.5 cm³/mol. The summed E-state index contributed by atoms with van der Waals surface area (Å²) in [6.45, 7) is 9.15. The number of aryl methyl sites for hydroxylation is 1. The molecule has 5 heteroatoms. The van der Waals surface area contributed by atoms with E-state index >= 15 is 0 Å². The summed E-state index contributed by atoms with van der Waals surface area (Å²) in [6.07, 6.45) is 2.82. The number of ether oxygens (including phenoxy) is 1. The van der Waals surface area contributed by atoms with Crippen LogP contribution in [0.4, 0.5) is 5.82 Å². The predicted octanol–water partition coefficient (Wildman–Crippen LogP) is 3.90. The van der Waals surface area contributed by atoms with Crippen molar-refractivity contribution in [1.29, 1.82) is 0 Å². The van der Waals surface area contributed by atoms with Gasteiger partial charge in [-0.2, -0.15) is 0 Å². The second-order valence-corrected chi connectivity index (χ2v) is 5.52. The lowest BCUT2D eigenvalue weighted by Crippen LogP contribution is -2.27. The summed E-state index contributed by atoms with van der Waals surface area (Å²) in [5.41, 5.74) is 0.605. The van der Waals surface area contributed by atoms with Crippen molar-refractivity contribution >= 4 is 21.7 Å². The summed E-state index contributed by atoms with van der Waals surface area (Å²) in [5.74, 6) is 1.60. The van der Waals surface area contributed by atoms with Crippen LogP contribution < -0.4 is 5.32 Å². The molecule has 1 N–H and O–H groups in total. The van der Waals surface area contributed by atoms with Gasteiger partial charge in [-0.25, -0.2) is 9.97 Å². The van der Waals surface area contributed by atoms with E-state index in [-0.39, 0.29) is 0 Å². The molecule has 19 heavy (non-hydrogen) atoms. The Hall–Kier alpha value is -0.680. The molecule has 0 spiro atoms. The Morgan fingerprint density at radius 3 is 2.42 bits per heavy atom. The minimum absolute atomic E-state index is 0.437. The fourth-order valence-electron chi connectivity index (χ4n) is 1.81. The molecule has 1 aromatic heterocycles. The van der Waals surface area contributed by atoms with Gasteiger partial charge in [-0.1, -0.05) is 20.3 Å². The maximum absolute atomic E-state index is 5.61. The molecule has 0 aliphatic carbocycles. The summed E-state index contributed by atoms with van der Waals surface area (Å²) in [4.78, 5) is 9.32. The fraction of sp³-hybridized carbons (Fsp3) is 0.714. The Kier molecular flexibility index (Phi) is 6.20. The monoisotopic (exact) mass is 329 g/mol. The summed E-state index contributed by atoms with van der Waals surface area (Å²) in [5, 5.41) is 3.28. The van der Waals surface area contributed by atoms with Crippen LogP contribution in [-0.2, 0) is 16.8 Å². The van der Waals surface area contributed by atoms with Gasteiger partial charge in [0, 0.05) is 13.7 Å². The van der Waals surface area contributed by atoms with E-state index in [0.29, 0.717) is 0 Å². The Morgan fingerprint density at radius 1 is 1.26 bits per heavy atom. The van der Waals surface area contributed by atoms with E-state index in [1.165, 1.54) is 0 Å². The molecule has 1 atom stereocenters. The molecule has 4 nitrogen and oxygen atoms in total. The van der Waals surface area contributed by atoms with Crippen LogP contribution in [-0.4, -0.2) is 23.6 Å². The summed E-state index contributed by atoms with van der Waals surface area (Å²) in [7, 11) is 1.71. The minimum atomic E-state index is -0.437. The first-order chi connectivity index (χ1) is 9.02. The van der Waals surface area contributed by atoms with Crippen molar-refractivity contribution in [3.8, 4) is 0 Å². The summed E-state index contributed by atoms with van der Waals surface area (Å²) >= 11 is 3.60. The van der Waals surface area contributed by atoms with Gasteiger partial charge >= 0.3 is 0 Å². The lowest BCUT2D eigenvalue weighted by Gasteiger charge is -2.26. The van der Waals surface area contributed by atoms with Crippen LogP contribution in [0.25, 0.3) is 0 Å². The minimum Gasteiger partial charge on any atom is -0.371 e. The maximum Gasteiger partial charge on any atom is 0.162 e. The molecule has 0 aliphatic heterocycles. The smallest absolute Gasteiger partial charge is 0.162 e. The number of hydrogen-bond donors (Lipinski definition) is 1. The third kappa shape index (κ3) is 3.66. The molecular formula is C14H24BrN3O. The summed E-state index contributed by atoms with van der Waals surface area (Å²) in [6, 6.07) is 0. The number of rotatable bonds is 7. The van der Waals surface area contributed by atoms with E-state index in [1.807, 2.05) is 6.92 Å². The quantitative estimate of drug-likeness (QED) is 0.824. The molecule has 0 aromatic carbocycles. The largest absolute Gasteiger partial charge is 0.371 e. The molecule has 108 valence electrons. The molecule has 1 aromatic rings.